The minimum Gasteiger partial charge on any atom is -0.489 e. The van der Waals surface area contributed by atoms with Gasteiger partial charge in [-0.25, -0.2) is 4.39 Å². The number of hydrogen-bond acceptors (Lipinski definition) is 5. The Morgan fingerprint density at radius 1 is 1.50 bits per heavy atom. The van der Waals surface area contributed by atoms with E-state index in [9.17, 15) is 19.3 Å². The lowest BCUT2D eigenvalue weighted by Gasteiger charge is -2.15. The molecule has 0 bridgehead atoms. The van der Waals surface area contributed by atoms with Crippen LogP contribution in [0.3, 0.4) is 0 Å². The maximum atomic E-state index is 13.4. The van der Waals surface area contributed by atoms with Gasteiger partial charge < -0.3 is 10.1 Å². The highest BCUT2D eigenvalue weighted by molar-refractivity contribution is 5.92. The summed E-state index contributed by atoms with van der Waals surface area (Å²) in [6.45, 7) is 3.80. The average molecular weight is 336 g/mol. The van der Waals surface area contributed by atoms with Gasteiger partial charge in [0.05, 0.1) is 16.7 Å². The highest BCUT2D eigenvalue weighted by Crippen LogP contribution is 2.26. The van der Waals surface area contributed by atoms with Crippen LogP contribution < -0.4 is 10.1 Å². The number of aromatic nitrogens is 2. The van der Waals surface area contributed by atoms with E-state index in [-0.39, 0.29) is 36.4 Å². The zero-order chi connectivity index (χ0) is 17.7. The molecule has 0 radical (unpaired) electrons. The first kappa shape index (κ1) is 17.4. The molecule has 1 amide bonds. The zero-order valence-electron chi connectivity index (χ0n) is 13.2. The number of nitro groups is 1. The predicted molar refractivity (Wildman–Crippen MR) is 84.3 cm³/mol. The maximum absolute atomic E-state index is 13.4. The van der Waals surface area contributed by atoms with Gasteiger partial charge >= 0.3 is 5.69 Å². The number of rotatable bonds is 7. The van der Waals surface area contributed by atoms with Crippen LogP contribution in [0.15, 0.2) is 30.6 Å². The highest BCUT2D eigenvalue weighted by Gasteiger charge is 2.13. The molecule has 0 aliphatic rings. The Morgan fingerprint density at radius 3 is 2.88 bits per heavy atom. The summed E-state index contributed by atoms with van der Waals surface area (Å²) in [7, 11) is 0. The molecule has 0 unspecified atom stereocenters. The number of anilines is 1. The van der Waals surface area contributed by atoms with Gasteiger partial charge in [0.15, 0.2) is 0 Å². The van der Waals surface area contributed by atoms with Gasteiger partial charge in [-0.2, -0.15) is 5.10 Å². The van der Waals surface area contributed by atoms with Crippen molar-refractivity contribution in [3.8, 4) is 5.75 Å². The summed E-state index contributed by atoms with van der Waals surface area (Å²) >= 11 is 0. The molecular weight excluding hydrogens is 319 g/mol. The molecule has 1 heterocycles. The van der Waals surface area contributed by atoms with Crippen LogP contribution in [-0.2, 0) is 11.3 Å². The SMILES string of the molecule is CC(C)Oc1ccc(F)cc1NC(=O)CCn1cc([N+](=O)[O-])cn1. The van der Waals surface area contributed by atoms with E-state index < -0.39 is 10.7 Å². The summed E-state index contributed by atoms with van der Waals surface area (Å²) < 4.78 is 20.2. The molecule has 8 nitrogen and oxygen atoms in total. The van der Waals surface area contributed by atoms with Crippen molar-refractivity contribution < 1.29 is 18.8 Å². The number of amides is 1. The number of aryl methyl sites for hydroxylation is 1. The second-order valence-corrected chi connectivity index (χ2v) is 5.32. The fraction of sp³-hybridized carbons (Fsp3) is 0.333. The molecule has 0 aliphatic heterocycles. The standard InChI is InChI=1S/C15H17FN4O4/c1-10(2)24-14-4-3-11(16)7-13(14)18-15(21)5-6-19-9-12(8-17-19)20(22)23/h3-4,7-10H,5-6H2,1-2H3,(H,18,21). The maximum Gasteiger partial charge on any atom is 0.306 e. The lowest BCUT2D eigenvalue weighted by Crippen LogP contribution is -2.16. The van der Waals surface area contributed by atoms with Crippen molar-refractivity contribution in [2.45, 2.75) is 32.9 Å². The summed E-state index contributed by atoms with van der Waals surface area (Å²) in [5.74, 6) is -0.508. The van der Waals surface area contributed by atoms with E-state index in [1.54, 1.807) is 0 Å². The van der Waals surface area contributed by atoms with E-state index in [0.29, 0.717) is 5.75 Å². The highest BCUT2D eigenvalue weighted by atomic mass is 19.1. The summed E-state index contributed by atoms with van der Waals surface area (Å²) in [5, 5.41) is 16.9. The largest absolute Gasteiger partial charge is 0.489 e. The second kappa shape index (κ2) is 7.53. The molecule has 0 aliphatic carbocycles. The van der Waals surface area contributed by atoms with Crippen molar-refractivity contribution >= 4 is 17.3 Å². The van der Waals surface area contributed by atoms with E-state index in [0.717, 1.165) is 6.20 Å². The summed E-state index contributed by atoms with van der Waals surface area (Å²) in [6, 6.07) is 3.87. The Hall–Kier alpha value is -2.97. The first-order chi connectivity index (χ1) is 11.3. The van der Waals surface area contributed by atoms with Gasteiger partial charge in [0.1, 0.15) is 24.0 Å². The average Bonchev–Trinajstić information content (AvgIpc) is 2.97. The van der Waals surface area contributed by atoms with Gasteiger partial charge in [-0.15, -0.1) is 0 Å². The van der Waals surface area contributed by atoms with Gasteiger partial charge in [-0.1, -0.05) is 0 Å². The molecule has 1 aromatic heterocycles. The Kier molecular flexibility index (Phi) is 5.46. The van der Waals surface area contributed by atoms with Crippen LogP contribution in [0, 0.1) is 15.9 Å². The van der Waals surface area contributed by atoms with Crippen LogP contribution in [-0.4, -0.2) is 26.7 Å². The first-order valence-corrected chi connectivity index (χ1v) is 7.28. The van der Waals surface area contributed by atoms with Gasteiger partial charge in [0, 0.05) is 19.0 Å². The fourth-order valence-corrected chi connectivity index (χ4v) is 1.95. The van der Waals surface area contributed by atoms with Crippen molar-refractivity contribution in [3.05, 3.63) is 46.5 Å². The van der Waals surface area contributed by atoms with Crippen molar-refractivity contribution in [1.29, 1.82) is 0 Å². The van der Waals surface area contributed by atoms with Gasteiger partial charge in [-0.05, 0) is 26.0 Å². The Balaban J connectivity index is 1.98. The van der Waals surface area contributed by atoms with Crippen molar-refractivity contribution in [3.63, 3.8) is 0 Å². The van der Waals surface area contributed by atoms with Crippen LogP contribution >= 0.6 is 0 Å². The molecule has 2 rings (SSSR count). The normalized spacial score (nSPS) is 10.7. The minimum absolute atomic E-state index is 0.0243. The molecule has 1 aromatic carbocycles. The third-order valence-corrected chi connectivity index (χ3v) is 2.98. The Bertz CT molecular complexity index is 745. The van der Waals surface area contributed by atoms with E-state index >= 15 is 0 Å². The molecular formula is C15H17FN4O4. The lowest BCUT2D eigenvalue weighted by atomic mass is 10.2. The quantitative estimate of drug-likeness (QED) is 0.619. The third kappa shape index (κ3) is 4.77. The molecule has 2 aromatic rings. The number of hydrogen-bond donors (Lipinski definition) is 1. The van der Waals surface area contributed by atoms with Crippen LogP contribution in [0.4, 0.5) is 15.8 Å². The smallest absolute Gasteiger partial charge is 0.306 e. The number of ether oxygens (including phenoxy) is 1. The zero-order valence-corrected chi connectivity index (χ0v) is 13.2. The third-order valence-electron chi connectivity index (χ3n) is 2.98. The number of halogens is 1. The molecule has 128 valence electrons. The van der Waals surface area contributed by atoms with E-state index in [1.165, 1.54) is 29.1 Å². The fourth-order valence-electron chi connectivity index (χ4n) is 1.95. The molecule has 1 N–H and O–H groups in total. The molecule has 0 saturated carbocycles. The summed E-state index contributed by atoms with van der Waals surface area (Å²) in [4.78, 5) is 22.0. The number of nitrogens with one attached hydrogen (secondary N) is 1. The van der Waals surface area contributed by atoms with Crippen molar-refractivity contribution in [2.75, 3.05) is 5.32 Å². The lowest BCUT2D eigenvalue weighted by molar-refractivity contribution is -0.385. The van der Waals surface area contributed by atoms with Gasteiger partial charge in [-0.3, -0.25) is 19.6 Å². The molecule has 0 spiro atoms. The van der Waals surface area contributed by atoms with Gasteiger partial charge in [0.2, 0.25) is 5.91 Å². The second-order valence-electron chi connectivity index (χ2n) is 5.32. The topological polar surface area (TPSA) is 99.3 Å². The first-order valence-electron chi connectivity index (χ1n) is 7.28. The van der Waals surface area contributed by atoms with Crippen molar-refractivity contribution in [1.82, 2.24) is 9.78 Å². The van der Waals surface area contributed by atoms with E-state index in [1.807, 2.05) is 13.8 Å². The predicted octanol–water partition coefficient (Wildman–Crippen LogP) is 2.75. The number of nitrogens with zero attached hydrogens (tertiary/aromatic N) is 3. The summed E-state index contributed by atoms with van der Waals surface area (Å²) in [6.07, 6.45) is 2.24. The monoisotopic (exact) mass is 336 g/mol. The van der Waals surface area contributed by atoms with Crippen LogP contribution in [0.5, 0.6) is 5.75 Å². The Labute approximate surface area is 137 Å². The minimum atomic E-state index is -0.564. The van der Waals surface area contributed by atoms with Gasteiger partial charge in [0.25, 0.3) is 0 Å². The molecule has 0 atom stereocenters. The summed E-state index contributed by atoms with van der Waals surface area (Å²) in [5.41, 5.74) is 0.0910. The van der Waals surface area contributed by atoms with Crippen LogP contribution in [0.1, 0.15) is 20.3 Å². The molecule has 9 heteroatoms. The van der Waals surface area contributed by atoms with Crippen LogP contribution in [0.25, 0.3) is 0 Å². The van der Waals surface area contributed by atoms with E-state index in [2.05, 4.69) is 10.4 Å². The molecule has 0 saturated heterocycles. The molecule has 24 heavy (non-hydrogen) atoms. The number of benzene rings is 1. The number of carbonyl (C=O) groups excluding carboxylic acids is 1. The van der Waals surface area contributed by atoms with E-state index in [4.69, 9.17) is 4.74 Å². The molecule has 0 fully saturated rings. The van der Waals surface area contributed by atoms with Crippen LogP contribution in [0.2, 0.25) is 0 Å². The Morgan fingerprint density at radius 2 is 2.25 bits per heavy atom. The number of carbonyl (C=O) groups is 1. The van der Waals surface area contributed by atoms with Crippen molar-refractivity contribution in [2.24, 2.45) is 0 Å².